The number of carbonyl (C=O) groups excluding carboxylic acids is 15. The Balaban J connectivity index is 0.000000341. The van der Waals surface area contributed by atoms with E-state index in [4.69, 9.17) is 6.42 Å². The third-order valence-corrected chi connectivity index (χ3v) is 37.5. The molecule has 3 unspecified atom stereocenters. The van der Waals surface area contributed by atoms with E-state index in [0.29, 0.717) is 38.9 Å². The molecule has 3 aliphatic heterocycles. The molecular weight excluding hydrogens is 1980 g/mol. The van der Waals surface area contributed by atoms with Crippen LogP contribution < -0.4 is 63.8 Å². The largest absolute Gasteiger partial charge is 0.350 e. The average molecular weight is 2160 g/mol. The monoisotopic (exact) mass is 2160 g/mol. The van der Waals surface area contributed by atoms with Crippen LogP contribution in [-0.4, -0.2) is 349 Å². The van der Waals surface area contributed by atoms with Crippen LogP contribution in [0.15, 0.2) is 12.7 Å². The zero-order chi connectivity index (χ0) is 113. The molecule has 5 aliphatic carbocycles. The fourth-order valence-electron chi connectivity index (χ4n) is 21.7. The minimum absolute atomic E-state index is 0.00211. The highest BCUT2D eigenvalue weighted by Crippen LogP contribution is 2.67. The summed E-state index contributed by atoms with van der Waals surface area (Å²) in [6, 6.07) is -12.4. The quantitative estimate of drug-likeness (QED) is 0.0200. The van der Waals surface area contributed by atoms with Crippen molar-refractivity contribution in [1.29, 1.82) is 0 Å². The number of unbranched alkanes of at least 4 members (excludes halogenated alkanes) is 2. The number of nitrogens with one attached hydrogen (secondary N) is 12. The Kier molecular flexibility index (Phi) is 45.5. The summed E-state index contributed by atoms with van der Waals surface area (Å²) in [4.78, 5) is 208. The molecule has 0 aromatic heterocycles. The van der Waals surface area contributed by atoms with Crippen molar-refractivity contribution in [1.82, 2.24) is 104 Å². The van der Waals surface area contributed by atoms with Gasteiger partial charge in [-0.05, 0) is 144 Å². The number of ketones is 3. The summed E-state index contributed by atoms with van der Waals surface area (Å²) >= 11 is 0. The number of hydrogen-bond donors (Lipinski definition) is 12. The molecular formula is C104H183N21O21S3. The lowest BCUT2D eigenvalue weighted by Crippen LogP contribution is -2.62. The highest BCUT2D eigenvalue weighted by molar-refractivity contribution is 7.87. The number of hydrogen-bond acceptors (Lipinski definition) is 21. The first-order valence-electron chi connectivity index (χ1n) is 53.2. The summed E-state index contributed by atoms with van der Waals surface area (Å²) in [5.74, 6) is -5.41. The van der Waals surface area contributed by atoms with Gasteiger partial charge in [0.25, 0.3) is 48.3 Å². The Morgan fingerprint density at radius 3 is 0.919 bits per heavy atom. The van der Waals surface area contributed by atoms with Gasteiger partial charge in [0.1, 0.15) is 36.3 Å². The van der Waals surface area contributed by atoms with Crippen molar-refractivity contribution >= 4 is 119 Å². The fraction of sp³-hybridized carbons (Fsp3) is 0.817. The number of amides is 15. The summed E-state index contributed by atoms with van der Waals surface area (Å²) in [5.41, 5.74) is -3.01. The first-order valence-corrected chi connectivity index (χ1v) is 57.4. The van der Waals surface area contributed by atoms with Crippen molar-refractivity contribution in [2.75, 3.05) is 122 Å². The van der Waals surface area contributed by atoms with Crippen LogP contribution in [0.2, 0.25) is 0 Å². The smallest absolute Gasteiger partial charge is 0.315 e. The van der Waals surface area contributed by atoms with Gasteiger partial charge in [-0.25, -0.2) is 14.4 Å². The van der Waals surface area contributed by atoms with Gasteiger partial charge in [0.2, 0.25) is 52.8 Å². The van der Waals surface area contributed by atoms with E-state index >= 15 is 0 Å². The minimum atomic E-state index is -3.74. The lowest BCUT2D eigenvalue weighted by Gasteiger charge is -2.39. The second-order valence-corrected chi connectivity index (χ2v) is 55.3. The molecule has 42 nitrogen and oxygen atoms in total. The number of likely N-dealkylation sites (N-methyl/N-ethyl adjacent to an activating group) is 5. The molecule has 848 valence electrons. The van der Waals surface area contributed by atoms with Crippen molar-refractivity contribution in [2.24, 2.45) is 85.2 Å². The molecule has 0 radical (unpaired) electrons. The summed E-state index contributed by atoms with van der Waals surface area (Å²) in [5, 5.41) is 33.4. The zero-order valence-electron chi connectivity index (χ0n) is 94.8. The molecule has 0 bridgehead atoms. The van der Waals surface area contributed by atoms with Gasteiger partial charge >= 0.3 is 18.1 Å². The van der Waals surface area contributed by atoms with Crippen LogP contribution in [0.4, 0.5) is 14.4 Å². The maximum Gasteiger partial charge on any atom is 0.315 e. The SMILES string of the molecule is C#CCCC(NC(=O)[C@@H]1[C@@H]2[C@H](CN1C(=O)[C@@H](NC(=O)N[C@H](CN(C)S(=O)(=O)N(C)C)C(C)(C)C)C1CCCCC1)C2(C)C)C(=O)C(=O)NCC.C=CCNC(=O)C(=O)C(CCCC)NC(=O)[C@@H]1[C@@H]2[C@H](CN1C(=O)[C@@H](NC(=O)N[C@H](CN(C)S(=O)(=O)N(C)C)C(C)(C)C)C1CCCCC1)C2(C)C.CCCCC(NC(=O)[C@@H]1[C@@H]2[C@H](CN1C(=O)[C@@H](NC(=O)N[C@H](CN(C)S(=O)(=O)N(C)C)C(C)(C)C)C(C)(C)C)C2(C)C)C(=O)C(=O)NCC. The van der Waals surface area contributed by atoms with Crippen LogP contribution >= 0.6 is 0 Å². The van der Waals surface area contributed by atoms with Crippen LogP contribution in [0, 0.1) is 97.6 Å². The number of Topliss-reactive ketones (excluding diaryl/α,β-unsaturated/α-hetero) is 3. The van der Waals surface area contributed by atoms with E-state index in [0.717, 1.165) is 90.0 Å². The maximum atomic E-state index is 14.6. The molecule has 8 rings (SSSR count). The number of likely N-dealkylation sites (tertiary alicyclic amines) is 3. The van der Waals surface area contributed by atoms with Crippen molar-refractivity contribution in [2.45, 2.75) is 340 Å². The molecule has 12 N–H and O–H groups in total. The van der Waals surface area contributed by atoms with Gasteiger partial charge in [0, 0.05) is 147 Å². The number of fused-ring (bicyclic) bond motifs is 3. The molecule has 8 fully saturated rings. The van der Waals surface area contributed by atoms with Gasteiger partial charge < -0.3 is 78.5 Å². The second kappa shape index (κ2) is 52.7. The van der Waals surface area contributed by atoms with E-state index in [1.807, 2.05) is 125 Å². The van der Waals surface area contributed by atoms with Crippen molar-refractivity contribution < 1.29 is 97.2 Å². The third-order valence-electron chi connectivity index (χ3n) is 31.9. The van der Waals surface area contributed by atoms with Crippen LogP contribution in [-0.2, 0) is 88.2 Å². The maximum absolute atomic E-state index is 14.6. The predicted molar refractivity (Wildman–Crippen MR) is 572 cm³/mol. The molecule has 8 aliphatic rings. The summed E-state index contributed by atoms with van der Waals surface area (Å²) < 4.78 is 83.4. The van der Waals surface area contributed by atoms with Crippen molar-refractivity contribution in [3.63, 3.8) is 0 Å². The molecule has 15 amide bonds. The van der Waals surface area contributed by atoms with E-state index in [1.165, 1.54) is 87.3 Å². The van der Waals surface area contributed by atoms with Crippen LogP contribution in [0.1, 0.15) is 268 Å². The number of rotatable bonds is 47. The van der Waals surface area contributed by atoms with E-state index in [-0.39, 0.29) is 134 Å². The molecule has 18 atom stereocenters. The first kappa shape index (κ1) is 129. The minimum Gasteiger partial charge on any atom is -0.350 e. The summed E-state index contributed by atoms with van der Waals surface area (Å²) in [7, 11) is 1.76. The zero-order valence-corrected chi connectivity index (χ0v) is 97.3. The van der Waals surface area contributed by atoms with Gasteiger partial charge in [-0.15, -0.1) is 18.9 Å². The van der Waals surface area contributed by atoms with Gasteiger partial charge in [-0.1, -0.05) is 209 Å². The molecule has 45 heteroatoms. The molecule has 5 saturated carbocycles. The number of terminal acetylenes is 1. The number of nitrogens with zero attached hydrogens (tertiary/aromatic N) is 9. The molecule has 0 aromatic carbocycles. The van der Waals surface area contributed by atoms with E-state index in [9.17, 15) is 97.2 Å². The molecule has 149 heavy (non-hydrogen) atoms. The molecule has 3 heterocycles. The summed E-state index contributed by atoms with van der Waals surface area (Å²) in [6.07, 6.45) is 19.1. The first-order chi connectivity index (χ1) is 68.7. The van der Waals surface area contributed by atoms with Gasteiger partial charge in [-0.3, -0.25) is 57.5 Å². The van der Waals surface area contributed by atoms with Crippen LogP contribution in [0.5, 0.6) is 0 Å². The predicted octanol–water partition coefficient (Wildman–Crippen LogP) is 5.61. The van der Waals surface area contributed by atoms with Gasteiger partial charge in [0.05, 0.1) is 18.1 Å². The standard InChI is InChI=1S/C36H63N7O7S.C35H59N7O7S.C33H61N7O7S/c1-11-13-19-25(30(44)32(46)37-20-12-2)38-31(45)29-27-24(36(27,6)7)21-43(29)33(47)28(23-17-15-14-16-18-23)40-34(48)39-26(35(3,4)5)22-42(10)51(49,50)41(8)9;1-11-13-19-24(29(43)31(45)36-12-2)37-30(44)28-26-23(35(26,6)7)20-42(28)32(46)27(22-17-15-14-16-18-22)39-33(47)38-25(34(3,4)5)21-41(10)50(48,49)40(8)9;1-14-16-17-21(25(41)28(43)34-15-2)35-27(42)24-23-20(33(23,9)10)18-40(24)29(44)26(32(6,7)8)37-30(45)36-22(31(3,4)5)19-39(13)48(46,47)38(11)12/h12,23-29H,2,11,13-22H2,1,3-10H3,(H,37,46)(H,38,45)(H2,39,40,48);1,22-28H,12-21H2,2-10H3,(H,36,45)(H,37,44)(H2,38,39,47);20-24,26H,14-19H2,1-13H3,(H,34,43)(H,35,42)(H2,36,37,45)/t24-,25?,26+,27-,28-,29-;23-,24?,25+,26-,27-,28-;20-,21?,22+,23-,24-,26+/m000/s1. The summed E-state index contributed by atoms with van der Waals surface area (Å²) in [6.45, 7) is 47.3. The Bertz CT molecular complexity index is 5140. The number of carbonyl (C=O) groups is 15. The van der Waals surface area contributed by atoms with Gasteiger partial charge in [0.15, 0.2) is 0 Å². The molecule has 0 spiro atoms. The average Bonchev–Trinajstić information content (AvgIpc) is 1.53. The Morgan fingerprint density at radius 2 is 0.664 bits per heavy atom. The van der Waals surface area contributed by atoms with E-state index in [1.54, 1.807) is 23.6 Å². The second-order valence-electron chi connectivity index (χ2n) is 48.6. The lowest BCUT2D eigenvalue weighted by atomic mass is 9.83. The van der Waals surface area contributed by atoms with E-state index in [2.05, 4.69) is 90.1 Å². The van der Waals surface area contributed by atoms with E-state index < -0.39 is 202 Å². The van der Waals surface area contributed by atoms with Crippen molar-refractivity contribution in [3.05, 3.63) is 12.7 Å². The lowest BCUT2D eigenvalue weighted by molar-refractivity contribution is -0.145. The molecule has 0 aromatic rings. The number of piperidine rings is 3. The normalized spacial score (nSPS) is 23.2. The Labute approximate surface area is 888 Å². The Morgan fingerprint density at radius 1 is 0.389 bits per heavy atom. The van der Waals surface area contributed by atoms with Crippen LogP contribution in [0.25, 0.3) is 0 Å². The highest BCUT2D eigenvalue weighted by atomic mass is 32.2. The Hall–Kier alpha value is -9.04. The van der Waals surface area contributed by atoms with Crippen molar-refractivity contribution in [3.8, 4) is 12.3 Å². The third kappa shape index (κ3) is 32.6. The molecule has 3 saturated heterocycles. The topological polar surface area (TPSA) is 532 Å². The van der Waals surface area contributed by atoms with Crippen LogP contribution in [0.3, 0.4) is 0 Å². The van der Waals surface area contributed by atoms with Gasteiger partial charge in [-0.2, -0.15) is 51.1 Å². The fourth-order valence-corrected chi connectivity index (χ4v) is 24.3. The highest BCUT2D eigenvalue weighted by Gasteiger charge is 2.73. The number of urea groups is 3.